The summed E-state index contributed by atoms with van der Waals surface area (Å²) < 4.78 is 6.68. The third-order valence-corrected chi connectivity index (χ3v) is 4.84. The highest BCUT2D eigenvalue weighted by Crippen LogP contribution is 2.19. The third-order valence-electron chi connectivity index (χ3n) is 4.27. The van der Waals surface area contributed by atoms with E-state index in [9.17, 15) is 9.59 Å². The summed E-state index contributed by atoms with van der Waals surface area (Å²) in [5, 5.41) is 10.4. The molecule has 7 nitrogen and oxygen atoms in total. The minimum absolute atomic E-state index is 0.0502. The van der Waals surface area contributed by atoms with Crippen LogP contribution in [0.2, 0.25) is 5.02 Å². The van der Waals surface area contributed by atoms with Gasteiger partial charge in [-0.3, -0.25) is 14.5 Å². The van der Waals surface area contributed by atoms with Crippen molar-refractivity contribution in [2.75, 3.05) is 13.7 Å². The number of aromatic amines is 1. The fourth-order valence-corrected chi connectivity index (χ4v) is 3.08. The molecule has 150 valence electrons. The van der Waals surface area contributed by atoms with E-state index in [0.29, 0.717) is 34.1 Å². The average molecular weight is 431 g/mol. The van der Waals surface area contributed by atoms with Crippen LogP contribution in [0.3, 0.4) is 0 Å². The molecule has 1 amide bonds. The number of ether oxygens (including phenoxy) is 1. The van der Waals surface area contributed by atoms with E-state index < -0.39 is 0 Å². The maximum absolute atomic E-state index is 12.4. The Morgan fingerprint density at radius 3 is 2.52 bits per heavy atom. The Bertz CT molecular complexity index is 1060. The summed E-state index contributed by atoms with van der Waals surface area (Å²) in [6.45, 7) is 0.506. The maximum atomic E-state index is 12.4. The van der Waals surface area contributed by atoms with E-state index in [2.05, 4.69) is 20.3 Å². The monoisotopic (exact) mass is 430 g/mol. The van der Waals surface area contributed by atoms with Gasteiger partial charge in [-0.25, -0.2) is 4.79 Å². The number of aromatic nitrogens is 3. The van der Waals surface area contributed by atoms with Gasteiger partial charge in [0, 0.05) is 17.1 Å². The Morgan fingerprint density at radius 1 is 1.17 bits per heavy atom. The predicted molar refractivity (Wildman–Crippen MR) is 112 cm³/mol. The molecule has 0 spiro atoms. The molecule has 0 aliphatic heterocycles. The van der Waals surface area contributed by atoms with Gasteiger partial charge in [0.2, 0.25) is 5.91 Å². The lowest BCUT2D eigenvalue weighted by atomic mass is 10.1. The number of esters is 1. The van der Waals surface area contributed by atoms with E-state index in [-0.39, 0.29) is 18.4 Å². The summed E-state index contributed by atoms with van der Waals surface area (Å²) in [6.07, 6.45) is 0.633. The molecular formula is C20H19ClN4O3S. The molecule has 1 heterocycles. The molecular weight excluding hydrogens is 412 g/mol. The lowest BCUT2D eigenvalue weighted by Gasteiger charge is -2.09. The van der Waals surface area contributed by atoms with Gasteiger partial charge < -0.3 is 10.1 Å². The van der Waals surface area contributed by atoms with Crippen molar-refractivity contribution in [3.8, 4) is 11.4 Å². The molecule has 0 radical (unpaired) electrons. The Morgan fingerprint density at radius 2 is 1.86 bits per heavy atom. The minimum Gasteiger partial charge on any atom is -0.465 e. The standard InChI is InChI=1S/C20H19ClN4O3S/c1-28-19(27)15-4-2-13(3-5-15)10-11-22-17(26)12-25-18(23-24-20(25)29)14-6-8-16(21)9-7-14/h2-9H,10-12H2,1H3,(H,22,26)(H,24,29). The molecule has 1 aromatic heterocycles. The molecule has 3 rings (SSSR count). The molecule has 2 aromatic carbocycles. The summed E-state index contributed by atoms with van der Waals surface area (Å²) in [6, 6.07) is 14.2. The van der Waals surface area contributed by atoms with Gasteiger partial charge in [0.25, 0.3) is 0 Å². The van der Waals surface area contributed by atoms with Gasteiger partial charge >= 0.3 is 5.97 Å². The zero-order valence-electron chi connectivity index (χ0n) is 15.6. The van der Waals surface area contributed by atoms with Gasteiger partial charge in [0.15, 0.2) is 10.6 Å². The van der Waals surface area contributed by atoms with Crippen LogP contribution in [0.4, 0.5) is 0 Å². The van der Waals surface area contributed by atoms with E-state index in [1.54, 1.807) is 28.8 Å². The van der Waals surface area contributed by atoms with Gasteiger partial charge in [0.1, 0.15) is 6.54 Å². The topological polar surface area (TPSA) is 89.0 Å². The molecule has 0 aliphatic carbocycles. The largest absolute Gasteiger partial charge is 0.465 e. The van der Waals surface area contributed by atoms with Gasteiger partial charge in [-0.15, -0.1) is 0 Å². The summed E-state index contributed by atoms with van der Waals surface area (Å²) in [5.74, 6) is 0.0160. The highest BCUT2D eigenvalue weighted by atomic mass is 35.5. The number of nitrogens with zero attached hydrogens (tertiary/aromatic N) is 2. The van der Waals surface area contributed by atoms with Gasteiger partial charge in [-0.2, -0.15) is 5.10 Å². The van der Waals surface area contributed by atoms with Crippen molar-refractivity contribution in [2.24, 2.45) is 0 Å². The molecule has 0 fully saturated rings. The summed E-state index contributed by atoms with van der Waals surface area (Å²) >= 11 is 11.2. The van der Waals surface area contributed by atoms with Crippen molar-refractivity contribution in [2.45, 2.75) is 13.0 Å². The van der Waals surface area contributed by atoms with Crippen molar-refractivity contribution < 1.29 is 14.3 Å². The number of hydrogen-bond donors (Lipinski definition) is 2. The summed E-state index contributed by atoms with van der Waals surface area (Å²) in [5.41, 5.74) is 2.30. The SMILES string of the molecule is COC(=O)c1ccc(CCNC(=O)Cn2c(-c3ccc(Cl)cc3)n[nH]c2=S)cc1. The number of hydrogen-bond acceptors (Lipinski definition) is 5. The van der Waals surface area contributed by atoms with Crippen molar-refractivity contribution in [1.82, 2.24) is 20.1 Å². The Balaban J connectivity index is 1.58. The second-order valence-corrected chi connectivity index (χ2v) is 7.06. The number of amides is 1. The number of carbonyl (C=O) groups excluding carboxylic acids is 2. The van der Waals surface area contributed by atoms with Crippen LogP contribution in [0, 0.1) is 4.77 Å². The zero-order chi connectivity index (χ0) is 20.8. The molecule has 0 saturated heterocycles. The number of methoxy groups -OCH3 is 1. The van der Waals surface area contributed by atoms with Crippen LogP contribution in [-0.4, -0.2) is 40.3 Å². The number of halogens is 1. The number of carbonyl (C=O) groups is 2. The second kappa shape index (κ2) is 9.49. The maximum Gasteiger partial charge on any atom is 0.337 e. The number of benzene rings is 2. The van der Waals surface area contributed by atoms with Gasteiger partial charge in [-0.05, 0) is 60.6 Å². The van der Waals surface area contributed by atoms with Crippen LogP contribution >= 0.6 is 23.8 Å². The lowest BCUT2D eigenvalue weighted by molar-refractivity contribution is -0.121. The van der Waals surface area contributed by atoms with E-state index in [1.807, 2.05) is 24.3 Å². The van der Waals surface area contributed by atoms with Crippen LogP contribution in [0.1, 0.15) is 15.9 Å². The normalized spacial score (nSPS) is 10.6. The van der Waals surface area contributed by atoms with E-state index in [0.717, 1.165) is 11.1 Å². The Kier molecular flexibility index (Phi) is 6.79. The summed E-state index contributed by atoms with van der Waals surface area (Å²) in [4.78, 5) is 23.8. The Hall–Kier alpha value is -2.97. The molecule has 9 heteroatoms. The smallest absolute Gasteiger partial charge is 0.337 e. The fraction of sp³-hybridized carbons (Fsp3) is 0.200. The number of H-pyrrole nitrogens is 1. The molecule has 0 aliphatic rings. The van der Waals surface area contributed by atoms with E-state index in [4.69, 9.17) is 23.8 Å². The van der Waals surface area contributed by atoms with E-state index in [1.165, 1.54) is 7.11 Å². The molecule has 0 atom stereocenters. The van der Waals surface area contributed by atoms with Crippen LogP contribution in [0.5, 0.6) is 0 Å². The van der Waals surface area contributed by atoms with E-state index >= 15 is 0 Å². The fourth-order valence-electron chi connectivity index (χ4n) is 2.75. The molecule has 3 aromatic rings. The lowest BCUT2D eigenvalue weighted by Crippen LogP contribution is -2.29. The number of rotatable bonds is 7. The molecule has 0 unspecified atom stereocenters. The highest BCUT2D eigenvalue weighted by Gasteiger charge is 2.12. The van der Waals surface area contributed by atoms with Crippen LogP contribution < -0.4 is 5.32 Å². The molecule has 29 heavy (non-hydrogen) atoms. The summed E-state index contributed by atoms with van der Waals surface area (Å²) in [7, 11) is 1.34. The third kappa shape index (κ3) is 5.30. The Labute approximate surface area is 177 Å². The number of nitrogens with one attached hydrogen (secondary N) is 2. The van der Waals surface area contributed by atoms with Crippen molar-refractivity contribution in [1.29, 1.82) is 0 Å². The van der Waals surface area contributed by atoms with Gasteiger partial charge in [-0.1, -0.05) is 23.7 Å². The van der Waals surface area contributed by atoms with Crippen molar-refractivity contribution in [3.05, 3.63) is 69.5 Å². The average Bonchev–Trinajstić information content (AvgIpc) is 3.08. The zero-order valence-corrected chi connectivity index (χ0v) is 17.2. The first-order chi connectivity index (χ1) is 14.0. The highest BCUT2D eigenvalue weighted by molar-refractivity contribution is 7.71. The van der Waals surface area contributed by atoms with Crippen LogP contribution in [0.15, 0.2) is 48.5 Å². The minimum atomic E-state index is -0.377. The first kappa shape index (κ1) is 20.8. The van der Waals surface area contributed by atoms with Crippen LogP contribution in [0.25, 0.3) is 11.4 Å². The first-order valence-corrected chi connectivity index (χ1v) is 9.61. The quantitative estimate of drug-likeness (QED) is 0.443. The first-order valence-electron chi connectivity index (χ1n) is 8.83. The van der Waals surface area contributed by atoms with Crippen molar-refractivity contribution in [3.63, 3.8) is 0 Å². The van der Waals surface area contributed by atoms with Crippen molar-refractivity contribution >= 4 is 35.7 Å². The molecule has 0 bridgehead atoms. The molecule has 0 saturated carbocycles. The second-order valence-electron chi connectivity index (χ2n) is 6.23. The van der Waals surface area contributed by atoms with Gasteiger partial charge in [0.05, 0.1) is 12.7 Å². The predicted octanol–water partition coefficient (Wildman–Crippen LogP) is 3.41. The van der Waals surface area contributed by atoms with Crippen LogP contribution in [-0.2, 0) is 22.5 Å². The molecule has 2 N–H and O–H groups in total.